The minimum Gasteiger partial charge on any atom is -0.500 e. The Balaban J connectivity index is 2.44. The number of hydrogen-bond donors (Lipinski definition) is 0. The lowest BCUT2D eigenvalue weighted by Gasteiger charge is -2.11. The molecule has 0 N–H and O–H groups in total. The van der Waals surface area contributed by atoms with Gasteiger partial charge in [-0.15, -0.1) is 0 Å². The normalized spacial score (nSPS) is 16.4. The van der Waals surface area contributed by atoms with E-state index in [9.17, 15) is 9.59 Å². The fourth-order valence-corrected chi connectivity index (χ4v) is 0.831. The number of ether oxygens (including phenoxy) is 2. The highest BCUT2D eigenvalue weighted by Crippen LogP contribution is 2.07. The summed E-state index contributed by atoms with van der Waals surface area (Å²) in [6, 6.07) is 0. The molecular weight excluding hydrogens is 160 g/mol. The Morgan fingerprint density at radius 2 is 2.50 bits per heavy atom. The van der Waals surface area contributed by atoms with Crippen LogP contribution in [0.5, 0.6) is 0 Å². The van der Waals surface area contributed by atoms with Gasteiger partial charge in [0.25, 0.3) is 0 Å². The van der Waals surface area contributed by atoms with E-state index in [-0.39, 0.29) is 12.4 Å². The van der Waals surface area contributed by atoms with Crippen molar-refractivity contribution in [3.63, 3.8) is 0 Å². The Kier molecular flexibility index (Phi) is 2.85. The molecule has 1 rings (SSSR count). The zero-order chi connectivity index (χ0) is 8.97. The van der Waals surface area contributed by atoms with Crippen LogP contribution in [-0.2, 0) is 19.1 Å². The van der Waals surface area contributed by atoms with Crippen LogP contribution in [0.4, 0.5) is 0 Å². The zero-order valence-corrected chi connectivity index (χ0v) is 6.83. The van der Waals surface area contributed by atoms with Gasteiger partial charge < -0.3 is 9.47 Å². The SMILES string of the molecule is CC(=O)OCC1=COCCC1=O. The van der Waals surface area contributed by atoms with Crippen molar-refractivity contribution in [2.24, 2.45) is 0 Å². The molecule has 0 spiro atoms. The van der Waals surface area contributed by atoms with Gasteiger partial charge in [0.05, 0.1) is 18.4 Å². The molecule has 1 heterocycles. The molecule has 0 saturated heterocycles. The maximum absolute atomic E-state index is 11.1. The van der Waals surface area contributed by atoms with Crippen molar-refractivity contribution >= 4 is 11.8 Å². The molecule has 0 amide bonds. The molecule has 66 valence electrons. The number of ketones is 1. The molecule has 0 aromatic rings. The van der Waals surface area contributed by atoms with E-state index in [0.29, 0.717) is 18.6 Å². The molecule has 0 saturated carbocycles. The van der Waals surface area contributed by atoms with Crippen molar-refractivity contribution in [2.75, 3.05) is 13.2 Å². The van der Waals surface area contributed by atoms with Crippen molar-refractivity contribution in [2.45, 2.75) is 13.3 Å². The van der Waals surface area contributed by atoms with Crippen LogP contribution in [0.3, 0.4) is 0 Å². The van der Waals surface area contributed by atoms with Crippen LogP contribution >= 0.6 is 0 Å². The predicted octanol–water partition coefficient (Wildman–Crippen LogP) is 0.423. The number of hydrogen-bond acceptors (Lipinski definition) is 4. The highest BCUT2D eigenvalue weighted by Gasteiger charge is 2.15. The van der Waals surface area contributed by atoms with Crippen molar-refractivity contribution in [3.8, 4) is 0 Å². The third-order valence-corrected chi connectivity index (χ3v) is 1.46. The van der Waals surface area contributed by atoms with Gasteiger partial charge >= 0.3 is 5.97 Å². The number of rotatable bonds is 2. The molecule has 0 unspecified atom stereocenters. The fourth-order valence-electron chi connectivity index (χ4n) is 0.831. The van der Waals surface area contributed by atoms with E-state index in [0.717, 1.165) is 0 Å². The van der Waals surface area contributed by atoms with E-state index >= 15 is 0 Å². The largest absolute Gasteiger partial charge is 0.500 e. The Morgan fingerprint density at radius 1 is 1.75 bits per heavy atom. The van der Waals surface area contributed by atoms with E-state index in [1.54, 1.807) is 0 Å². The van der Waals surface area contributed by atoms with Crippen molar-refractivity contribution in [1.82, 2.24) is 0 Å². The van der Waals surface area contributed by atoms with Crippen LogP contribution in [0.2, 0.25) is 0 Å². The van der Waals surface area contributed by atoms with Crippen molar-refractivity contribution in [1.29, 1.82) is 0 Å². The quantitative estimate of drug-likeness (QED) is 0.564. The Hall–Kier alpha value is -1.32. The maximum Gasteiger partial charge on any atom is 0.302 e. The van der Waals surface area contributed by atoms with Gasteiger partial charge in [-0.1, -0.05) is 0 Å². The third-order valence-electron chi connectivity index (χ3n) is 1.46. The molecule has 1 aliphatic rings. The van der Waals surface area contributed by atoms with Gasteiger partial charge in [0, 0.05) is 13.3 Å². The van der Waals surface area contributed by atoms with Crippen LogP contribution in [0, 0.1) is 0 Å². The van der Waals surface area contributed by atoms with Gasteiger partial charge in [-0.3, -0.25) is 9.59 Å². The van der Waals surface area contributed by atoms with E-state index in [1.807, 2.05) is 0 Å². The Labute approximate surface area is 70.1 Å². The molecule has 0 aliphatic carbocycles. The minimum atomic E-state index is -0.394. The number of Topliss-reactive ketones (excluding diaryl/α,β-unsaturated/α-hetero) is 1. The molecule has 0 radical (unpaired) electrons. The summed E-state index contributed by atoms with van der Waals surface area (Å²) < 4.78 is 9.55. The second kappa shape index (κ2) is 3.90. The standard InChI is InChI=1S/C8H10O4/c1-6(9)12-5-7-4-11-3-2-8(7)10/h4H,2-3,5H2,1H3. The minimum absolute atomic E-state index is 0.0116. The van der Waals surface area contributed by atoms with Crippen LogP contribution in [0.1, 0.15) is 13.3 Å². The predicted molar refractivity (Wildman–Crippen MR) is 40.3 cm³/mol. The average Bonchev–Trinajstić information content (AvgIpc) is 2.03. The second-order valence-electron chi connectivity index (χ2n) is 2.47. The number of esters is 1. The molecule has 4 nitrogen and oxygen atoms in total. The van der Waals surface area contributed by atoms with Gasteiger partial charge in [0.2, 0.25) is 0 Å². The van der Waals surface area contributed by atoms with E-state index in [4.69, 9.17) is 4.74 Å². The van der Waals surface area contributed by atoms with Gasteiger partial charge in [0.15, 0.2) is 5.78 Å². The zero-order valence-electron chi connectivity index (χ0n) is 6.83. The van der Waals surface area contributed by atoms with Gasteiger partial charge in [-0.05, 0) is 0 Å². The van der Waals surface area contributed by atoms with Crippen LogP contribution in [0.25, 0.3) is 0 Å². The summed E-state index contributed by atoms with van der Waals surface area (Å²) in [7, 11) is 0. The van der Waals surface area contributed by atoms with Crippen molar-refractivity contribution in [3.05, 3.63) is 11.8 Å². The van der Waals surface area contributed by atoms with E-state index in [2.05, 4.69) is 4.74 Å². The third kappa shape index (κ3) is 2.38. The van der Waals surface area contributed by atoms with Crippen molar-refractivity contribution < 1.29 is 19.1 Å². The highest BCUT2D eigenvalue weighted by atomic mass is 16.5. The lowest BCUT2D eigenvalue weighted by atomic mass is 10.1. The summed E-state index contributed by atoms with van der Waals surface area (Å²) in [5.74, 6) is -0.406. The number of carbonyl (C=O) groups excluding carboxylic acids is 2. The molecule has 0 aromatic carbocycles. The molecule has 12 heavy (non-hydrogen) atoms. The smallest absolute Gasteiger partial charge is 0.302 e. The molecule has 0 atom stereocenters. The molecule has 4 heteroatoms. The summed E-state index contributed by atoms with van der Waals surface area (Å²) in [5.41, 5.74) is 0.427. The Bertz CT molecular complexity index is 229. The average molecular weight is 170 g/mol. The fraction of sp³-hybridized carbons (Fsp3) is 0.500. The monoisotopic (exact) mass is 170 g/mol. The Morgan fingerprint density at radius 3 is 3.08 bits per heavy atom. The molecule has 0 fully saturated rings. The van der Waals surface area contributed by atoms with Gasteiger partial charge in [-0.2, -0.15) is 0 Å². The lowest BCUT2D eigenvalue weighted by Crippen LogP contribution is -2.17. The molecule has 0 aromatic heterocycles. The molecular formula is C8H10O4. The van der Waals surface area contributed by atoms with Gasteiger partial charge in [0.1, 0.15) is 6.61 Å². The second-order valence-corrected chi connectivity index (χ2v) is 2.47. The molecule has 1 aliphatic heterocycles. The number of carbonyl (C=O) groups is 2. The van der Waals surface area contributed by atoms with E-state index < -0.39 is 5.97 Å². The first-order valence-electron chi connectivity index (χ1n) is 3.67. The summed E-state index contributed by atoms with van der Waals surface area (Å²) in [5, 5.41) is 0. The highest BCUT2D eigenvalue weighted by molar-refractivity contribution is 5.96. The summed E-state index contributed by atoms with van der Waals surface area (Å²) in [4.78, 5) is 21.5. The summed E-state index contributed by atoms with van der Waals surface area (Å²) in [6.45, 7) is 1.74. The van der Waals surface area contributed by atoms with Crippen LogP contribution in [-0.4, -0.2) is 25.0 Å². The van der Waals surface area contributed by atoms with Gasteiger partial charge in [-0.25, -0.2) is 0 Å². The topological polar surface area (TPSA) is 52.6 Å². The summed E-state index contributed by atoms with van der Waals surface area (Å²) >= 11 is 0. The first kappa shape index (κ1) is 8.77. The maximum atomic E-state index is 11.1. The first-order chi connectivity index (χ1) is 5.70. The van der Waals surface area contributed by atoms with Crippen LogP contribution in [0.15, 0.2) is 11.8 Å². The molecule has 0 bridgehead atoms. The summed E-state index contributed by atoms with van der Waals surface area (Å²) in [6.07, 6.45) is 1.72. The first-order valence-corrected chi connectivity index (χ1v) is 3.67. The lowest BCUT2D eigenvalue weighted by molar-refractivity contribution is -0.140. The van der Waals surface area contributed by atoms with E-state index in [1.165, 1.54) is 13.2 Å². The van der Waals surface area contributed by atoms with Crippen LogP contribution < -0.4 is 0 Å².